The van der Waals surface area contributed by atoms with Crippen molar-refractivity contribution in [2.45, 2.75) is 6.42 Å². The van der Waals surface area contributed by atoms with Crippen LogP contribution in [0.4, 0.5) is 5.95 Å². The summed E-state index contributed by atoms with van der Waals surface area (Å²) in [4.78, 5) is 13.3. The molecule has 0 aliphatic carbocycles. The average Bonchev–Trinajstić information content (AvgIpc) is 2.89. The third-order valence-corrected chi connectivity index (χ3v) is 3.99. The summed E-state index contributed by atoms with van der Waals surface area (Å²) in [5.74, 6) is 1.51. The Balaban J connectivity index is 1.53. The minimum absolute atomic E-state index is 0.591. The predicted molar refractivity (Wildman–Crippen MR) is 74.6 cm³/mol. The summed E-state index contributed by atoms with van der Waals surface area (Å²) in [6, 6.07) is 0. The van der Waals surface area contributed by atoms with E-state index < -0.39 is 0 Å². The van der Waals surface area contributed by atoms with Crippen molar-refractivity contribution in [2.24, 2.45) is 5.92 Å². The quantitative estimate of drug-likeness (QED) is 0.836. The number of rotatable bonds is 3. The molecular weight excluding hydrogens is 264 g/mol. The Morgan fingerprint density at radius 3 is 2.68 bits per heavy atom. The Hall–Kier alpha value is -0.910. The Morgan fingerprint density at radius 2 is 1.95 bits per heavy atom. The van der Waals surface area contributed by atoms with E-state index in [1.807, 2.05) is 0 Å². The van der Waals surface area contributed by atoms with Crippen LogP contribution in [0.2, 0.25) is 5.02 Å². The summed E-state index contributed by atoms with van der Waals surface area (Å²) in [6.45, 7) is 7.11. The molecule has 0 saturated carbocycles. The number of morpholine rings is 1. The second-order valence-corrected chi connectivity index (χ2v) is 5.65. The van der Waals surface area contributed by atoms with Gasteiger partial charge in [0.05, 0.1) is 30.6 Å². The number of hydrogen-bond acceptors (Lipinski definition) is 5. The molecule has 2 aliphatic heterocycles. The van der Waals surface area contributed by atoms with Crippen LogP contribution >= 0.6 is 11.6 Å². The minimum Gasteiger partial charge on any atom is -0.379 e. The SMILES string of the molecule is Clc1cnc(N2CCC(CN3CCOCC3)C2)nc1. The Labute approximate surface area is 118 Å². The summed E-state index contributed by atoms with van der Waals surface area (Å²) in [5, 5.41) is 0.591. The first-order chi connectivity index (χ1) is 9.31. The molecule has 1 atom stereocenters. The van der Waals surface area contributed by atoms with Crippen LogP contribution in [0, 0.1) is 5.92 Å². The van der Waals surface area contributed by atoms with E-state index in [4.69, 9.17) is 16.3 Å². The highest BCUT2D eigenvalue weighted by atomic mass is 35.5. The molecule has 0 bridgehead atoms. The van der Waals surface area contributed by atoms with Gasteiger partial charge in [-0.15, -0.1) is 0 Å². The molecule has 2 saturated heterocycles. The standard InChI is InChI=1S/C13H19ClN4O/c14-12-7-15-13(16-8-12)18-2-1-11(10-18)9-17-3-5-19-6-4-17/h7-8,11H,1-6,9-10H2. The maximum atomic E-state index is 5.81. The Morgan fingerprint density at radius 1 is 1.21 bits per heavy atom. The van der Waals surface area contributed by atoms with Crippen LogP contribution in [0.15, 0.2) is 12.4 Å². The predicted octanol–water partition coefficient (Wildman–Crippen LogP) is 1.29. The van der Waals surface area contributed by atoms with Gasteiger partial charge in [-0.3, -0.25) is 4.90 Å². The van der Waals surface area contributed by atoms with Crippen molar-refractivity contribution >= 4 is 17.5 Å². The van der Waals surface area contributed by atoms with Gasteiger partial charge in [-0.1, -0.05) is 11.6 Å². The second-order valence-electron chi connectivity index (χ2n) is 5.21. The fourth-order valence-electron chi connectivity index (χ4n) is 2.78. The summed E-state index contributed by atoms with van der Waals surface area (Å²) < 4.78 is 5.38. The van der Waals surface area contributed by atoms with Crippen LogP contribution < -0.4 is 4.90 Å². The number of hydrogen-bond donors (Lipinski definition) is 0. The molecule has 19 heavy (non-hydrogen) atoms. The van der Waals surface area contributed by atoms with Gasteiger partial charge in [0.2, 0.25) is 5.95 Å². The van der Waals surface area contributed by atoms with Crippen molar-refractivity contribution in [3.05, 3.63) is 17.4 Å². The maximum Gasteiger partial charge on any atom is 0.225 e. The summed E-state index contributed by atoms with van der Waals surface area (Å²) in [6.07, 6.45) is 4.54. The van der Waals surface area contributed by atoms with Crippen molar-refractivity contribution in [3.8, 4) is 0 Å². The van der Waals surface area contributed by atoms with Crippen LogP contribution in [-0.4, -0.2) is 60.8 Å². The zero-order chi connectivity index (χ0) is 13.1. The van der Waals surface area contributed by atoms with Crippen LogP contribution in [-0.2, 0) is 4.74 Å². The minimum atomic E-state index is 0.591. The van der Waals surface area contributed by atoms with Gasteiger partial charge in [0.25, 0.3) is 0 Å². The van der Waals surface area contributed by atoms with Crippen molar-refractivity contribution in [3.63, 3.8) is 0 Å². The number of nitrogens with zero attached hydrogens (tertiary/aromatic N) is 4. The first-order valence-corrected chi connectivity index (χ1v) is 7.21. The molecule has 0 spiro atoms. The van der Waals surface area contributed by atoms with E-state index in [0.29, 0.717) is 10.9 Å². The number of aromatic nitrogens is 2. The topological polar surface area (TPSA) is 41.5 Å². The first-order valence-electron chi connectivity index (χ1n) is 6.84. The largest absolute Gasteiger partial charge is 0.379 e. The Bertz CT molecular complexity index is 408. The lowest BCUT2D eigenvalue weighted by Crippen LogP contribution is -2.40. The van der Waals surface area contributed by atoms with Gasteiger partial charge < -0.3 is 9.64 Å². The molecule has 0 N–H and O–H groups in total. The van der Waals surface area contributed by atoms with E-state index in [1.54, 1.807) is 12.4 Å². The van der Waals surface area contributed by atoms with Crippen LogP contribution in [0.25, 0.3) is 0 Å². The van der Waals surface area contributed by atoms with E-state index in [-0.39, 0.29) is 0 Å². The van der Waals surface area contributed by atoms with Crippen LogP contribution in [0.1, 0.15) is 6.42 Å². The molecular formula is C13H19ClN4O. The molecule has 1 unspecified atom stereocenters. The zero-order valence-electron chi connectivity index (χ0n) is 11.0. The molecule has 3 heterocycles. The third-order valence-electron chi connectivity index (χ3n) is 3.80. The zero-order valence-corrected chi connectivity index (χ0v) is 11.7. The number of anilines is 1. The van der Waals surface area contributed by atoms with Crippen molar-refractivity contribution < 1.29 is 4.74 Å². The fourth-order valence-corrected chi connectivity index (χ4v) is 2.88. The average molecular weight is 283 g/mol. The molecule has 3 rings (SSSR count). The Kier molecular flexibility index (Phi) is 4.15. The van der Waals surface area contributed by atoms with Crippen LogP contribution in [0.5, 0.6) is 0 Å². The van der Waals surface area contributed by atoms with E-state index in [9.17, 15) is 0 Å². The second kappa shape index (κ2) is 6.03. The van der Waals surface area contributed by atoms with E-state index in [0.717, 1.165) is 51.9 Å². The first kappa shape index (κ1) is 13.1. The number of ether oxygens (including phenoxy) is 1. The van der Waals surface area contributed by atoms with Crippen molar-refractivity contribution in [1.29, 1.82) is 0 Å². The molecule has 2 fully saturated rings. The summed E-state index contributed by atoms with van der Waals surface area (Å²) in [5.41, 5.74) is 0. The molecule has 6 heteroatoms. The van der Waals surface area contributed by atoms with Gasteiger partial charge in [-0.2, -0.15) is 0 Å². The highest BCUT2D eigenvalue weighted by Crippen LogP contribution is 2.22. The summed E-state index contributed by atoms with van der Waals surface area (Å²) >= 11 is 5.81. The number of halogens is 1. The molecule has 1 aromatic heterocycles. The van der Waals surface area contributed by atoms with Gasteiger partial charge in [-0.25, -0.2) is 9.97 Å². The lowest BCUT2D eigenvalue weighted by atomic mass is 10.1. The molecule has 2 aliphatic rings. The maximum absolute atomic E-state index is 5.81. The fraction of sp³-hybridized carbons (Fsp3) is 0.692. The van der Waals surface area contributed by atoms with Gasteiger partial charge >= 0.3 is 0 Å². The lowest BCUT2D eigenvalue weighted by molar-refractivity contribution is 0.0320. The molecule has 1 aromatic rings. The van der Waals surface area contributed by atoms with Crippen molar-refractivity contribution in [1.82, 2.24) is 14.9 Å². The molecule has 0 aromatic carbocycles. The molecule has 5 nitrogen and oxygen atoms in total. The van der Waals surface area contributed by atoms with Gasteiger partial charge in [0.15, 0.2) is 0 Å². The third kappa shape index (κ3) is 3.35. The normalized spacial score (nSPS) is 24.9. The van der Waals surface area contributed by atoms with Gasteiger partial charge in [-0.05, 0) is 12.3 Å². The molecule has 104 valence electrons. The monoisotopic (exact) mass is 282 g/mol. The van der Waals surface area contributed by atoms with Crippen molar-refractivity contribution in [2.75, 3.05) is 50.8 Å². The lowest BCUT2D eigenvalue weighted by Gasteiger charge is -2.29. The highest BCUT2D eigenvalue weighted by molar-refractivity contribution is 6.30. The van der Waals surface area contributed by atoms with E-state index in [2.05, 4.69) is 19.8 Å². The molecule has 0 amide bonds. The van der Waals surface area contributed by atoms with E-state index >= 15 is 0 Å². The summed E-state index contributed by atoms with van der Waals surface area (Å²) in [7, 11) is 0. The highest BCUT2D eigenvalue weighted by Gasteiger charge is 2.26. The van der Waals surface area contributed by atoms with Crippen LogP contribution in [0.3, 0.4) is 0 Å². The smallest absolute Gasteiger partial charge is 0.225 e. The van der Waals surface area contributed by atoms with E-state index in [1.165, 1.54) is 6.42 Å². The van der Waals surface area contributed by atoms with Gasteiger partial charge in [0.1, 0.15) is 0 Å². The van der Waals surface area contributed by atoms with Gasteiger partial charge in [0, 0.05) is 32.7 Å². The molecule has 0 radical (unpaired) electrons.